The number of likely N-dealkylation sites (N-methyl/N-ethyl adjacent to an activating group) is 1. The lowest BCUT2D eigenvalue weighted by atomic mass is 10.0. The van der Waals surface area contributed by atoms with Crippen molar-refractivity contribution in [3.63, 3.8) is 0 Å². The van der Waals surface area contributed by atoms with Gasteiger partial charge in [-0.3, -0.25) is 0 Å². The summed E-state index contributed by atoms with van der Waals surface area (Å²) in [5.74, 6) is 1.62. The Morgan fingerprint density at radius 3 is 3.10 bits per heavy atom. The largest absolute Gasteiger partial charge is 0.368 e. The SMILES string of the molecule is CNc1nc(NCC2CCCCN2C)c2ccsc2n1. The highest BCUT2D eigenvalue weighted by molar-refractivity contribution is 7.16. The van der Waals surface area contributed by atoms with Crippen LogP contribution in [0.1, 0.15) is 19.3 Å². The average Bonchev–Trinajstić information content (AvgIpc) is 2.94. The zero-order chi connectivity index (χ0) is 13.9. The van der Waals surface area contributed by atoms with Crippen molar-refractivity contribution in [2.45, 2.75) is 25.3 Å². The standard InChI is InChI=1S/C14H21N5S/c1-15-14-17-12(11-6-8-20-13(11)18-14)16-9-10-5-3-4-7-19(10)2/h6,8,10H,3-5,7,9H2,1-2H3,(H2,15,16,17,18). The number of hydrogen-bond acceptors (Lipinski definition) is 6. The number of hydrogen-bond donors (Lipinski definition) is 2. The van der Waals surface area contributed by atoms with E-state index in [1.165, 1.54) is 25.8 Å². The van der Waals surface area contributed by atoms with E-state index >= 15 is 0 Å². The number of likely N-dealkylation sites (tertiary alicyclic amines) is 1. The molecule has 0 aromatic carbocycles. The van der Waals surface area contributed by atoms with E-state index in [1.807, 2.05) is 7.05 Å². The maximum absolute atomic E-state index is 4.56. The van der Waals surface area contributed by atoms with E-state index < -0.39 is 0 Å². The summed E-state index contributed by atoms with van der Waals surface area (Å²) in [6, 6.07) is 2.69. The Bertz CT molecular complexity index is 582. The van der Waals surface area contributed by atoms with Gasteiger partial charge in [0.2, 0.25) is 5.95 Å². The third-order valence-electron chi connectivity index (χ3n) is 3.98. The van der Waals surface area contributed by atoms with Gasteiger partial charge < -0.3 is 15.5 Å². The fourth-order valence-electron chi connectivity index (χ4n) is 2.72. The molecule has 0 saturated carbocycles. The van der Waals surface area contributed by atoms with Gasteiger partial charge in [0.05, 0.1) is 5.39 Å². The third kappa shape index (κ3) is 2.71. The average molecular weight is 291 g/mol. The highest BCUT2D eigenvalue weighted by Crippen LogP contribution is 2.26. The summed E-state index contributed by atoms with van der Waals surface area (Å²) in [7, 11) is 4.07. The molecule has 1 fully saturated rings. The van der Waals surface area contributed by atoms with Crippen LogP contribution < -0.4 is 10.6 Å². The summed E-state index contributed by atoms with van der Waals surface area (Å²) in [6.45, 7) is 2.15. The number of anilines is 2. The van der Waals surface area contributed by atoms with E-state index in [0.717, 1.165) is 22.6 Å². The van der Waals surface area contributed by atoms with Gasteiger partial charge in [-0.2, -0.15) is 4.98 Å². The predicted octanol–water partition coefficient (Wildman–Crippen LogP) is 2.63. The Morgan fingerprint density at radius 2 is 2.30 bits per heavy atom. The van der Waals surface area contributed by atoms with Crippen molar-refractivity contribution < 1.29 is 0 Å². The van der Waals surface area contributed by atoms with Crippen LogP contribution in [0.5, 0.6) is 0 Å². The molecule has 1 atom stereocenters. The number of rotatable bonds is 4. The number of nitrogens with zero attached hydrogens (tertiary/aromatic N) is 3. The molecular formula is C14H21N5S. The second kappa shape index (κ2) is 5.93. The van der Waals surface area contributed by atoms with Gasteiger partial charge in [-0.05, 0) is 37.9 Å². The minimum atomic E-state index is 0.602. The molecule has 2 aromatic rings. The Labute approximate surface area is 123 Å². The molecule has 2 aromatic heterocycles. The number of nitrogens with one attached hydrogen (secondary N) is 2. The van der Waals surface area contributed by atoms with Crippen molar-refractivity contribution in [3.05, 3.63) is 11.4 Å². The molecule has 3 heterocycles. The maximum Gasteiger partial charge on any atom is 0.225 e. The Hall–Kier alpha value is -1.40. The lowest BCUT2D eigenvalue weighted by molar-refractivity contribution is 0.194. The van der Waals surface area contributed by atoms with Crippen molar-refractivity contribution in [1.29, 1.82) is 0 Å². The molecular weight excluding hydrogens is 270 g/mol. The molecule has 5 nitrogen and oxygen atoms in total. The second-order valence-electron chi connectivity index (χ2n) is 5.30. The van der Waals surface area contributed by atoms with Gasteiger partial charge in [0.1, 0.15) is 10.6 Å². The minimum Gasteiger partial charge on any atom is -0.368 e. The normalized spacial score (nSPS) is 20.2. The van der Waals surface area contributed by atoms with Crippen LogP contribution >= 0.6 is 11.3 Å². The number of fused-ring (bicyclic) bond motifs is 1. The summed E-state index contributed by atoms with van der Waals surface area (Å²) in [5, 5.41) is 9.74. The maximum atomic E-state index is 4.56. The fourth-order valence-corrected chi connectivity index (χ4v) is 3.48. The quantitative estimate of drug-likeness (QED) is 0.907. The van der Waals surface area contributed by atoms with Crippen LogP contribution in [0.15, 0.2) is 11.4 Å². The predicted molar refractivity (Wildman–Crippen MR) is 85.7 cm³/mol. The smallest absolute Gasteiger partial charge is 0.225 e. The molecule has 1 unspecified atom stereocenters. The molecule has 0 radical (unpaired) electrons. The summed E-state index contributed by atoms with van der Waals surface area (Å²) in [4.78, 5) is 12.5. The monoisotopic (exact) mass is 291 g/mol. The van der Waals surface area contributed by atoms with E-state index in [-0.39, 0.29) is 0 Å². The molecule has 0 spiro atoms. The van der Waals surface area contributed by atoms with Gasteiger partial charge in [0.15, 0.2) is 0 Å². The summed E-state index contributed by atoms with van der Waals surface area (Å²) in [5.41, 5.74) is 0. The van der Waals surface area contributed by atoms with Crippen molar-refractivity contribution in [2.24, 2.45) is 0 Å². The number of thiophene rings is 1. The van der Waals surface area contributed by atoms with Crippen LogP contribution in [0.25, 0.3) is 10.2 Å². The van der Waals surface area contributed by atoms with Gasteiger partial charge in [-0.25, -0.2) is 4.98 Å². The van der Waals surface area contributed by atoms with Gasteiger partial charge in [-0.1, -0.05) is 6.42 Å². The Kier molecular flexibility index (Phi) is 4.03. The highest BCUT2D eigenvalue weighted by Gasteiger charge is 2.19. The van der Waals surface area contributed by atoms with Crippen LogP contribution in [-0.2, 0) is 0 Å². The number of aromatic nitrogens is 2. The Balaban J connectivity index is 1.77. The van der Waals surface area contributed by atoms with Crippen molar-refractivity contribution in [3.8, 4) is 0 Å². The van der Waals surface area contributed by atoms with Crippen LogP contribution in [0.2, 0.25) is 0 Å². The molecule has 6 heteroatoms. The molecule has 3 rings (SSSR count). The summed E-state index contributed by atoms with van der Waals surface area (Å²) >= 11 is 1.65. The first-order valence-corrected chi connectivity index (χ1v) is 8.03. The fraction of sp³-hybridized carbons (Fsp3) is 0.571. The molecule has 2 N–H and O–H groups in total. The molecule has 108 valence electrons. The third-order valence-corrected chi connectivity index (χ3v) is 4.78. The molecule has 20 heavy (non-hydrogen) atoms. The molecule has 1 saturated heterocycles. The van der Waals surface area contributed by atoms with Crippen LogP contribution in [-0.4, -0.2) is 48.1 Å². The zero-order valence-corrected chi connectivity index (χ0v) is 12.8. The second-order valence-corrected chi connectivity index (χ2v) is 6.19. The molecule has 0 amide bonds. The molecule has 0 aliphatic carbocycles. The van der Waals surface area contributed by atoms with E-state index in [0.29, 0.717) is 12.0 Å². The van der Waals surface area contributed by atoms with E-state index in [4.69, 9.17) is 0 Å². The van der Waals surface area contributed by atoms with Crippen molar-refractivity contribution in [2.75, 3.05) is 37.8 Å². The van der Waals surface area contributed by atoms with Crippen LogP contribution in [0.4, 0.5) is 11.8 Å². The Morgan fingerprint density at radius 1 is 1.40 bits per heavy atom. The zero-order valence-electron chi connectivity index (χ0n) is 12.0. The van der Waals surface area contributed by atoms with Gasteiger partial charge in [0.25, 0.3) is 0 Å². The topological polar surface area (TPSA) is 53.1 Å². The van der Waals surface area contributed by atoms with Crippen molar-refractivity contribution >= 4 is 33.3 Å². The minimum absolute atomic E-state index is 0.602. The van der Waals surface area contributed by atoms with Gasteiger partial charge >= 0.3 is 0 Å². The molecule has 0 bridgehead atoms. The lowest BCUT2D eigenvalue weighted by Gasteiger charge is -2.32. The van der Waals surface area contributed by atoms with Crippen molar-refractivity contribution in [1.82, 2.24) is 14.9 Å². The molecule has 1 aliphatic rings. The number of piperidine rings is 1. The summed E-state index contributed by atoms with van der Waals surface area (Å²) < 4.78 is 0. The lowest BCUT2D eigenvalue weighted by Crippen LogP contribution is -2.40. The van der Waals surface area contributed by atoms with Gasteiger partial charge in [0, 0.05) is 19.6 Å². The first kappa shape index (κ1) is 13.6. The molecule has 1 aliphatic heterocycles. The van der Waals surface area contributed by atoms with E-state index in [9.17, 15) is 0 Å². The highest BCUT2D eigenvalue weighted by atomic mass is 32.1. The van der Waals surface area contributed by atoms with E-state index in [1.54, 1.807) is 11.3 Å². The van der Waals surface area contributed by atoms with Crippen LogP contribution in [0, 0.1) is 0 Å². The van der Waals surface area contributed by atoms with Crippen LogP contribution in [0.3, 0.4) is 0 Å². The first-order chi connectivity index (χ1) is 9.78. The first-order valence-electron chi connectivity index (χ1n) is 7.15. The van der Waals surface area contributed by atoms with E-state index in [2.05, 4.69) is 44.0 Å². The van der Waals surface area contributed by atoms with Gasteiger partial charge in [-0.15, -0.1) is 11.3 Å². The summed E-state index contributed by atoms with van der Waals surface area (Å²) in [6.07, 6.45) is 3.91.